The van der Waals surface area contributed by atoms with Crippen LogP contribution in [0.15, 0.2) is 41.0 Å². The standard InChI is InChI=1S/C10H9N3O/c1-8(7-14)10(12-13-11)9-5-3-2-4-6-9/h2-7H,1H3. The minimum Gasteiger partial charge on any atom is -0.298 e. The highest BCUT2D eigenvalue weighted by molar-refractivity contribution is 5.86. The fraction of sp³-hybridized carbons (Fsp3) is 0.100. The van der Waals surface area contributed by atoms with E-state index in [0.29, 0.717) is 17.6 Å². The molecule has 0 aliphatic heterocycles. The molecule has 0 aromatic heterocycles. The molecular weight excluding hydrogens is 178 g/mol. The van der Waals surface area contributed by atoms with E-state index in [-0.39, 0.29) is 0 Å². The molecule has 14 heavy (non-hydrogen) atoms. The molecule has 4 nitrogen and oxygen atoms in total. The topological polar surface area (TPSA) is 65.8 Å². The number of nitrogens with zero attached hydrogens (tertiary/aromatic N) is 3. The van der Waals surface area contributed by atoms with Gasteiger partial charge in [-0.15, -0.1) is 0 Å². The minimum absolute atomic E-state index is 0.378. The molecular formula is C10H9N3O. The van der Waals surface area contributed by atoms with Crippen molar-refractivity contribution in [1.29, 1.82) is 0 Å². The lowest BCUT2D eigenvalue weighted by molar-refractivity contribution is -0.104. The van der Waals surface area contributed by atoms with E-state index >= 15 is 0 Å². The number of carbonyl (C=O) groups is 1. The van der Waals surface area contributed by atoms with E-state index in [9.17, 15) is 4.79 Å². The van der Waals surface area contributed by atoms with E-state index in [1.807, 2.05) is 18.2 Å². The van der Waals surface area contributed by atoms with Crippen molar-refractivity contribution >= 4 is 12.0 Å². The molecule has 4 heteroatoms. The van der Waals surface area contributed by atoms with Crippen LogP contribution in [0, 0.1) is 0 Å². The molecule has 0 aliphatic rings. The van der Waals surface area contributed by atoms with Gasteiger partial charge in [-0.25, -0.2) is 0 Å². The van der Waals surface area contributed by atoms with Crippen LogP contribution >= 0.6 is 0 Å². The van der Waals surface area contributed by atoms with Crippen LogP contribution in [0.5, 0.6) is 0 Å². The Balaban J connectivity index is 3.27. The second-order valence-electron chi connectivity index (χ2n) is 2.70. The molecule has 0 saturated carbocycles. The van der Waals surface area contributed by atoms with Crippen LogP contribution in [0.2, 0.25) is 0 Å². The number of benzene rings is 1. The molecule has 0 aliphatic carbocycles. The van der Waals surface area contributed by atoms with Gasteiger partial charge in [-0.3, -0.25) is 4.79 Å². The lowest BCUT2D eigenvalue weighted by Crippen LogP contribution is -1.86. The lowest BCUT2D eigenvalue weighted by atomic mass is 10.1. The van der Waals surface area contributed by atoms with E-state index in [0.717, 1.165) is 5.56 Å². The molecule has 0 radical (unpaired) electrons. The molecule has 0 fully saturated rings. The summed E-state index contributed by atoms with van der Waals surface area (Å²) in [5.41, 5.74) is 9.90. The molecule has 0 saturated heterocycles. The quantitative estimate of drug-likeness (QED) is 0.236. The summed E-state index contributed by atoms with van der Waals surface area (Å²) in [5.74, 6) is 0. The predicted octanol–water partition coefficient (Wildman–Crippen LogP) is 2.93. The fourth-order valence-corrected chi connectivity index (χ4v) is 1.06. The van der Waals surface area contributed by atoms with Gasteiger partial charge in [0.2, 0.25) is 0 Å². The van der Waals surface area contributed by atoms with Crippen molar-refractivity contribution < 1.29 is 4.79 Å². The van der Waals surface area contributed by atoms with Crippen molar-refractivity contribution in [2.45, 2.75) is 6.92 Å². The van der Waals surface area contributed by atoms with Crippen LogP contribution in [-0.2, 0) is 4.79 Å². The second kappa shape index (κ2) is 4.84. The summed E-state index contributed by atoms with van der Waals surface area (Å²) in [6.45, 7) is 1.62. The first-order chi connectivity index (χ1) is 6.79. The molecule has 0 N–H and O–H groups in total. The molecule has 1 rings (SSSR count). The summed E-state index contributed by atoms with van der Waals surface area (Å²) in [6.07, 6.45) is 0.678. The molecule has 1 aromatic rings. The molecule has 0 heterocycles. The third kappa shape index (κ3) is 2.21. The first-order valence-electron chi connectivity index (χ1n) is 4.06. The number of aldehydes is 1. The van der Waals surface area contributed by atoms with Crippen molar-refractivity contribution in [3.8, 4) is 0 Å². The van der Waals surface area contributed by atoms with Gasteiger partial charge in [0.1, 0.15) is 6.29 Å². The number of carbonyl (C=O) groups excluding carboxylic acids is 1. The van der Waals surface area contributed by atoms with Crippen molar-refractivity contribution in [1.82, 2.24) is 0 Å². The van der Waals surface area contributed by atoms with E-state index in [2.05, 4.69) is 10.0 Å². The second-order valence-corrected chi connectivity index (χ2v) is 2.70. The molecule has 0 spiro atoms. The van der Waals surface area contributed by atoms with Crippen LogP contribution in [0.4, 0.5) is 0 Å². The zero-order chi connectivity index (χ0) is 10.4. The third-order valence-corrected chi connectivity index (χ3v) is 1.74. The van der Waals surface area contributed by atoms with Crippen LogP contribution in [0.1, 0.15) is 12.5 Å². The van der Waals surface area contributed by atoms with E-state index < -0.39 is 0 Å². The Morgan fingerprint density at radius 3 is 2.57 bits per heavy atom. The van der Waals surface area contributed by atoms with Gasteiger partial charge in [0.25, 0.3) is 0 Å². The highest BCUT2D eigenvalue weighted by atomic mass is 16.1. The Bertz CT molecular complexity index is 403. The highest BCUT2D eigenvalue weighted by Crippen LogP contribution is 2.18. The zero-order valence-electron chi connectivity index (χ0n) is 7.71. The molecule has 0 bridgehead atoms. The summed E-state index contributed by atoms with van der Waals surface area (Å²) in [5, 5.41) is 3.49. The van der Waals surface area contributed by atoms with Crippen LogP contribution in [0.25, 0.3) is 16.1 Å². The Morgan fingerprint density at radius 2 is 2.07 bits per heavy atom. The first-order valence-corrected chi connectivity index (χ1v) is 4.06. The number of azide groups is 1. The molecule has 70 valence electrons. The largest absolute Gasteiger partial charge is 0.298 e. The van der Waals surface area contributed by atoms with Gasteiger partial charge in [-0.2, -0.15) is 0 Å². The Hall–Kier alpha value is -2.06. The van der Waals surface area contributed by atoms with E-state index in [4.69, 9.17) is 5.53 Å². The SMILES string of the molecule is CC(C=O)=C(N=[N+]=[N-])c1ccccc1. The Kier molecular flexibility index (Phi) is 3.47. The smallest absolute Gasteiger partial charge is 0.146 e. The third-order valence-electron chi connectivity index (χ3n) is 1.74. The maximum absolute atomic E-state index is 10.6. The number of rotatable bonds is 3. The number of hydrogen-bond acceptors (Lipinski definition) is 2. The molecule has 0 amide bonds. The lowest BCUT2D eigenvalue weighted by Gasteiger charge is -2.01. The van der Waals surface area contributed by atoms with Gasteiger partial charge < -0.3 is 0 Å². The summed E-state index contributed by atoms with van der Waals surface area (Å²) >= 11 is 0. The minimum atomic E-state index is 0.378. The fourth-order valence-electron chi connectivity index (χ4n) is 1.06. The summed E-state index contributed by atoms with van der Waals surface area (Å²) in [6, 6.07) is 9.07. The van der Waals surface area contributed by atoms with Gasteiger partial charge in [0, 0.05) is 4.91 Å². The predicted molar refractivity (Wildman–Crippen MR) is 54.2 cm³/mol. The van der Waals surface area contributed by atoms with Gasteiger partial charge in [0.15, 0.2) is 0 Å². The number of hydrogen-bond donors (Lipinski definition) is 0. The van der Waals surface area contributed by atoms with Crippen molar-refractivity contribution in [2.75, 3.05) is 0 Å². The molecule has 0 unspecified atom stereocenters. The normalized spacial score (nSPS) is 11.2. The van der Waals surface area contributed by atoms with Gasteiger partial charge in [-0.1, -0.05) is 35.4 Å². The van der Waals surface area contributed by atoms with E-state index in [1.165, 1.54) is 0 Å². The first kappa shape index (κ1) is 10.0. The average Bonchev–Trinajstić information content (AvgIpc) is 2.26. The average molecular weight is 187 g/mol. The Labute approximate surface area is 81.5 Å². The molecule has 1 aromatic carbocycles. The van der Waals surface area contributed by atoms with Crippen LogP contribution < -0.4 is 0 Å². The van der Waals surface area contributed by atoms with Crippen molar-refractivity contribution in [3.63, 3.8) is 0 Å². The molecule has 0 atom stereocenters. The summed E-state index contributed by atoms with van der Waals surface area (Å²) in [7, 11) is 0. The summed E-state index contributed by atoms with van der Waals surface area (Å²) < 4.78 is 0. The highest BCUT2D eigenvalue weighted by Gasteiger charge is 2.01. The van der Waals surface area contributed by atoms with Crippen LogP contribution in [0.3, 0.4) is 0 Å². The zero-order valence-corrected chi connectivity index (χ0v) is 7.71. The van der Waals surface area contributed by atoms with Gasteiger partial charge in [-0.05, 0) is 23.6 Å². The van der Waals surface area contributed by atoms with E-state index in [1.54, 1.807) is 19.1 Å². The monoisotopic (exact) mass is 187 g/mol. The maximum Gasteiger partial charge on any atom is 0.146 e. The Morgan fingerprint density at radius 1 is 1.43 bits per heavy atom. The van der Waals surface area contributed by atoms with Crippen LogP contribution in [-0.4, -0.2) is 6.29 Å². The van der Waals surface area contributed by atoms with Crippen molar-refractivity contribution in [2.24, 2.45) is 5.11 Å². The number of allylic oxidation sites excluding steroid dienone is 1. The van der Waals surface area contributed by atoms with Gasteiger partial charge >= 0.3 is 0 Å². The van der Waals surface area contributed by atoms with Gasteiger partial charge in [0.05, 0.1) is 5.70 Å². The van der Waals surface area contributed by atoms with Crippen molar-refractivity contribution in [3.05, 3.63) is 51.9 Å². The summed E-state index contributed by atoms with van der Waals surface area (Å²) in [4.78, 5) is 13.2. The maximum atomic E-state index is 10.6.